The lowest BCUT2D eigenvalue weighted by atomic mass is 9.97. The highest BCUT2D eigenvalue weighted by Crippen LogP contribution is 2.26. The van der Waals surface area contributed by atoms with Gasteiger partial charge in [-0.15, -0.1) is 0 Å². The van der Waals surface area contributed by atoms with Gasteiger partial charge in [0.2, 0.25) is 0 Å². The molecule has 0 aliphatic carbocycles. The third-order valence-electron chi connectivity index (χ3n) is 4.47. The molecule has 1 fully saturated rings. The summed E-state index contributed by atoms with van der Waals surface area (Å²) in [5.74, 6) is -1.41. The third kappa shape index (κ3) is 4.37. The predicted molar refractivity (Wildman–Crippen MR) is 96.6 cm³/mol. The molecule has 3 rings (SSSR count). The zero-order valence-electron chi connectivity index (χ0n) is 15.1. The van der Waals surface area contributed by atoms with Gasteiger partial charge in [0.05, 0.1) is 23.3 Å². The Kier molecular flexibility index (Phi) is 6.37. The van der Waals surface area contributed by atoms with Crippen LogP contribution in [0.3, 0.4) is 0 Å². The number of carbonyl (C=O) groups is 2. The number of aliphatic hydroxyl groups is 1. The third-order valence-corrected chi connectivity index (χ3v) is 4.47. The van der Waals surface area contributed by atoms with Gasteiger partial charge >= 0.3 is 11.9 Å². The van der Waals surface area contributed by atoms with E-state index in [4.69, 9.17) is 14.2 Å². The van der Waals surface area contributed by atoms with E-state index in [-0.39, 0.29) is 11.1 Å². The van der Waals surface area contributed by atoms with Crippen LogP contribution in [0.1, 0.15) is 27.6 Å². The van der Waals surface area contributed by atoms with E-state index in [0.717, 1.165) is 0 Å². The first-order chi connectivity index (χ1) is 13.5. The Labute approximate surface area is 161 Å². The minimum atomic E-state index is -1.54. The van der Waals surface area contributed by atoms with E-state index >= 15 is 0 Å². The first-order valence-electron chi connectivity index (χ1n) is 8.76. The van der Waals surface area contributed by atoms with Gasteiger partial charge in [0.25, 0.3) is 0 Å². The molecule has 28 heavy (non-hydrogen) atoms. The van der Waals surface area contributed by atoms with E-state index in [2.05, 4.69) is 0 Å². The second-order valence-corrected chi connectivity index (χ2v) is 6.36. The van der Waals surface area contributed by atoms with E-state index in [0.29, 0.717) is 0 Å². The zero-order chi connectivity index (χ0) is 20.1. The second-order valence-electron chi connectivity index (χ2n) is 6.36. The number of nitrogens with one attached hydrogen (secondary N) is 1. The monoisotopic (exact) mass is 387 g/mol. The number of ether oxygens (including phenoxy) is 3. The van der Waals surface area contributed by atoms with Crippen LogP contribution < -0.4 is 5.48 Å². The summed E-state index contributed by atoms with van der Waals surface area (Å²) in [5.41, 5.74) is 2.56. The normalized spacial score (nSPS) is 27.0. The Morgan fingerprint density at radius 3 is 1.82 bits per heavy atom. The van der Waals surface area contributed by atoms with Crippen molar-refractivity contribution < 1.29 is 34.1 Å². The van der Waals surface area contributed by atoms with Gasteiger partial charge in [-0.1, -0.05) is 36.4 Å². The maximum absolute atomic E-state index is 12.5. The molecule has 8 heteroatoms. The minimum absolute atomic E-state index is 0.259. The Hall–Kier alpha value is -2.78. The van der Waals surface area contributed by atoms with Crippen molar-refractivity contribution in [2.45, 2.75) is 37.6 Å². The van der Waals surface area contributed by atoms with Crippen LogP contribution in [0.15, 0.2) is 60.7 Å². The number of hydrogen-bond donors (Lipinski definition) is 3. The highest BCUT2D eigenvalue weighted by molar-refractivity contribution is 5.90. The van der Waals surface area contributed by atoms with Gasteiger partial charge < -0.3 is 24.5 Å². The van der Waals surface area contributed by atoms with Crippen LogP contribution in [0.4, 0.5) is 0 Å². The van der Waals surface area contributed by atoms with Crippen molar-refractivity contribution in [2.75, 3.05) is 0 Å². The SMILES string of the molecule is C[C@H]1O[C@H](O)[C@H](OC(=O)c2ccccc2)[C@@H](OC(=O)c2ccccc2)[C@@H]1NO. The molecule has 1 heterocycles. The van der Waals surface area contributed by atoms with E-state index in [9.17, 15) is 19.9 Å². The average Bonchev–Trinajstić information content (AvgIpc) is 2.72. The molecule has 8 nitrogen and oxygen atoms in total. The fraction of sp³-hybridized carbons (Fsp3) is 0.300. The summed E-state index contributed by atoms with van der Waals surface area (Å²) in [6, 6.07) is 15.5. The van der Waals surface area contributed by atoms with Crippen molar-refractivity contribution in [3.05, 3.63) is 71.8 Å². The van der Waals surface area contributed by atoms with Crippen molar-refractivity contribution >= 4 is 11.9 Å². The fourth-order valence-electron chi connectivity index (χ4n) is 2.99. The van der Waals surface area contributed by atoms with Gasteiger partial charge in [-0.3, -0.25) is 0 Å². The molecule has 0 unspecified atom stereocenters. The first-order valence-corrected chi connectivity index (χ1v) is 8.76. The van der Waals surface area contributed by atoms with Gasteiger partial charge in [0.15, 0.2) is 18.5 Å². The quantitative estimate of drug-likeness (QED) is 0.523. The molecule has 2 aromatic carbocycles. The summed E-state index contributed by atoms with van der Waals surface area (Å²) < 4.78 is 16.2. The molecule has 2 aromatic rings. The van der Waals surface area contributed by atoms with Gasteiger partial charge in [-0.05, 0) is 31.2 Å². The molecule has 0 bridgehead atoms. The van der Waals surface area contributed by atoms with Gasteiger partial charge in [0, 0.05) is 0 Å². The molecule has 1 aliphatic heterocycles. The smallest absolute Gasteiger partial charge is 0.338 e. The Morgan fingerprint density at radius 1 is 0.893 bits per heavy atom. The summed E-state index contributed by atoms with van der Waals surface area (Å²) in [4.78, 5) is 24.9. The maximum Gasteiger partial charge on any atom is 0.338 e. The van der Waals surface area contributed by atoms with Crippen molar-refractivity contribution in [1.82, 2.24) is 5.48 Å². The number of benzene rings is 2. The number of carbonyl (C=O) groups excluding carboxylic acids is 2. The number of hydroxylamine groups is 1. The van der Waals surface area contributed by atoms with Gasteiger partial charge in [-0.25, -0.2) is 9.59 Å². The Balaban J connectivity index is 1.83. The maximum atomic E-state index is 12.5. The molecule has 5 atom stereocenters. The van der Waals surface area contributed by atoms with Crippen LogP contribution in [-0.4, -0.2) is 52.9 Å². The summed E-state index contributed by atoms with van der Waals surface area (Å²) in [7, 11) is 0. The lowest BCUT2D eigenvalue weighted by molar-refractivity contribution is -0.260. The van der Waals surface area contributed by atoms with Crippen molar-refractivity contribution in [3.8, 4) is 0 Å². The average molecular weight is 387 g/mol. The first kappa shape index (κ1) is 20.0. The number of rotatable bonds is 5. The fourth-order valence-corrected chi connectivity index (χ4v) is 2.99. The summed E-state index contributed by atoms with van der Waals surface area (Å²) >= 11 is 0. The summed E-state index contributed by atoms with van der Waals surface area (Å²) in [5, 5.41) is 19.8. The topological polar surface area (TPSA) is 114 Å². The van der Waals surface area contributed by atoms with Crippen LogP contribution >= 0.6 is 0 Å². The molecular formula is C20H21NO7. The molecule has 0 saturated carbocycles. The molecule has 1 saturated heterocycles. The molecule has 0 amide bonds. The van der Waals surface area contributed by atoms with Crippen LogP contribution in [0.5, 0.6) is 0 Å². The van der Waals surface area contributed by atoms with Crippen LogP contribution in [0.2, 0.25) is 0 Å². The second kappa shape index (κ2) is 8.94. The van der Waals surface area contributed by atoms with Crippen molar-refractivity contribution in [2.24, 2.45) is 0 Å². The molecule has 148 valence electrons. The van der Waals surface area contributed by atoms with Gasteiger partial charge in [0.1, 0.15) is 0 Å². The largest absolute Gasteiger partial charge is 0.453 e. The van der Waals surface area contributed by atoms with E-state index in [1.54, 1.807) is 67.6 Å². The lowest BCUT2D eigenvalue weighted by Crippen LogP contribution is -2.63. The Bertz CT molecular complexity index is 799. The summed E-state index contributed by atoms with van der Waals surface area (Å²) in [6.45, 7) is 1.58. The standard InChI is InChI=1S/C20H21NO7/c1-12-15(21-25)16(27-18(22)13-8-4-2-5-9-13)17(20(24)26-12)28-19(23)14-10-6-3-7-11-14/h2-12,15-17,20-21,24-25H,1H3/t12-,15-,16+,17-,20+/m1/s1. The summed E-state index contributed by atoms with van der Waals surface area (Å²) in [6.07, 6.45) is -4.80. The molecule has 0 aromatic heterocycles. The van der Waals surface area contributed by atoms with Crippen LogP contribution in [-0.2, 0) is 14.2 Å². The van der Waals surface area contributed by atoms with Gasteiger partial charge in [-0.2, -0.15) is 5.48 Å². The zero-order valence-corrected chi connectivity index (χ0v) is 15.1. The number of esters is 2. The highest BCUT2D eigenvalue weighted by Gasteiger charge is 2.48. The number of hydrogen-bond acceptors (Lipinski definition) is 8. The van der Waals surface area contributed by atoms with E-state index in [1.807, 2.05) is 5.48 Å². The molecule has 1 aliphatic rings. The molecule has 0 radical (unpaired) electrons. The van der Waals surface area contributed by atoms with Crippen molar-refractivity contribution in [1.29, 1.82) is 0 Å². The highest BCUT2D eigenvalue weighted by atomic mass is 16.7. The van der Waals surface area contributed by atoms with Crippen LogP contribution in [0, 0.1) is 0 Å². The number of aliphatic hydroxyl groups excluding tert-OH is 1. The lowest BCUT2D eigenvalue weighted by Gasteiger charge is -2.42. The van der Waals surface area contributed by atoms with Crippen LogP contribution in [0.25, 0.3) is 0 Å². The Morgan fingerprint density at radius 2 is 1.36 bits per heavy atom. The molecule has 3 N–H and O–H groups in total. The van der Waals surface area contributed by atoms with Crippen molar-refractivity contribution in [3.63, 3.8) is 0 Å². The predicted octanol–water partition coefficient (Wildman–Crippen LogP) is 1.52. The minimum Gasteiger partial charge on any atom is -0.453 e. The van der Waals surface area contributed by atoms with E-state index < -0.39 is 42.6 Å². The molecular weight excluding hydrogens is 366 g/mol. The molecule has 0 spiro atoms. The van der Waals surface area contributed by atoms with E-state index in [1.165, 1.54) is 0 Å².